The van der Waals surface area contributed by atoms with E-state index in [-0.39, 0.29) is 24.3 Å². The predicted molar refractivity (Wildman–Crippen MR) is 103 cm³/mol. The van der Waals surface area contributed by atoms with Gasteiger partial charge in [-0.3, -0.25) is 9.69 Å². The van der Waals surface area contributed by atoms with Crippen LogP contribution < -0.4 is 10.2 Å². The smallest absolute Gasteiger partial charge is 0.237 e. The highest BCUT2D eigenvalue weighted by atomic mass is 35.5. The molecule has 6 heteroatoms. The number of carbonyl (C=O) groups excluding carboxylic acids is 1. The highest BCUT2D eigenvalue weighted by Crippen LogP contribution is 2.21. The summed E-state index contributed by atoms with van der Waals surface area (Å²) in [4.78, 5) is 16.8. The molecule has 1 amide bonds. The van der Waals surface area contributed by atoms with E-state index < -0.39 is 0 Å². The number of nitrogens with zero attached hydrogens (tertiary/aromatic N) is 2. The Hall–Kier alpha value is -2.11. The fourth-order valence-electron chi connectivity index (χ4n) is 3.18. The molecule has 0 spiro atoms. The van der Waals surface area contributed by atoms with Crippen molar-refractivity contribution >= 4 is 23.2 Å². The van der Waals surface area contributed by atoms with E-state index >= 15 is 0 Å². The van der Waals surface area contributed by atoms with Gasteiger partial charge in [0, 0.05) is 49.0 Å². The Labute approximate surface area is 158 Å². The number of rotatable bonds is 5. The van der Waals surface area contributed by atoms with Crippen molar-refractivity contribution in [1.82, 2.24) is 10.2 Å². The van der Waals surface area contributed by atoms with Crippen LogP contribution in [0.4, 0.5) is 10.1 Å². The Bertz CT molecular complexity index is 762. The second-order valence-corrected chi connectivity index (χ2v) is 6.92. The van der Waals surface area contributed by atoms with E-state index in [4.69, 9.17) is 11.6 Å². The summed E-state index contributed by atoms with van der Waals surface area (Å²) in [6.07, 6.45) is 0. The van der Waals surface area contributed by atoms with Gasteiger partial charge < -0.3 is 10.2 Å². The summed E-state index contributed by atoms with van der Waals surface area (Å²) >= 11 is 6.06. The maximum Gasteiger partial charge on any atom is 0.237 e. The predicted octanol–water partition coefficient (Wildman–Crippen LogP) is 3.31. The van der Waals surface area contributed by atoms with Crippen molar-refractivity contribution in [2.75, 3.05) is 31.1 Å². The van der Waals surface area contributed by atoms with E-state index in [9.17, 15) is 9.18 Å². The summed E-state index contributed by atoms with van der Waals surface area (Å²) < 4.78 is 13.7. The van der Waals surface area contributed by atoms with Gasteiger partial charge in [0.15, 0.2) is 0 Å². The summed E-state index contributed by atoms with van der Waals surface area (Å²) in [5.41, 5.74) is 1.60. The average Bonchev–Trinajstić information content (AvgIpc) is 2.66. The van der Waals surface area contributed by atoms with Crippen LogP contribution in [0.3, 0.4) is 0 Å². The zero-order chi connectivity index (χ0) is 18.5. The molecule has 1 saturated heterocycles. The van der Waals surface area contributed by atoms with Gasteiger partial charge in [0.2, 0.25) is 5.91 Å². The minimum absolute atomic E-state index is 0.0792. The molecule has 138 valence electrons. The van der Waals surface area contributed by atoms with E-state index in [1.807, 2.05) is 31.2 Å². The van der Waals surface area contributed by atoms with Crippen molar-refractivity contribution < 1.29 is 9.18 Å². The third-order valence-corrected chi connectivity index (χ3v) is 5.06. The zero-order valence-corrected chi connectivity index (χ0v) is 15.5. The van der Waals surface area contributed by atoms with E-state index in [0.717, 1.165) is 36.9 Å². The van der Waals surface area contributed by atoms with E-state index in [2.05, 4.69) is 15.1 Å². The molecule has 1 atom stereocenters. The number of hydrogen-bond acceptors (Lipinski definition) is 3. The average molecular weight is 376 g/mol. The maximum absolute atomic E-state index is 13.7. The number of benzene rings is 2. The normalized spacial score (nSPS) is 16.3. The number of amides is 1. The van der Waals surface area contributed by atoms with Gasteiger partial charge in [0.25, 0.3) is 0 Å². The Kier molecular flexibility index (Phi) is 6.12. The molecule has 1 heterocycles. The molecule has 0 bridgehead atoms. The molecule has 4 nitrogen and oxygen atoms in total. The van der Waals surface area contributed by atoms with Crippen LogP contribution in [-0.2, 0) is 11.3 Å². The van der Waals surface area contributed by atoms with E-state index in [0.29, 0.717) is 5.56 Å². The van der Waals surface area contributed by atoms with Crippen LogP contribution in [0.25, 0.3) is 0 Å². The highest BCUT2D eigenvalue weighted by molar-refractivity contribution is 6.30. The van der Waals surface area contributed by atoms with Gasteiger partial charge in [-0.05, 0) is 31.2 Å². The molecule has 1 aliphatic heterocycles. The number of halogens is 2. The molecular formula is C20H23ClFN3O. The van der Waals surface area contributed by atoms with Crippen molar-refractivity contribution in [3.05, 3.63) is 64.9 Å². The Morgan fingerprint density at radius 3 is 2.58 bits per heavy atom. The first-order valence-corrected chi connectivity index (χ1v) is 9.18. The van der Waals surface area contributed by atoms with Crippen LogP contribution in [0, 0.1) is 5.82 Å². The van der Waals surface area contributed by atoms with Gasteiger partial charge in [0.05, 0.1) is 6.04 Å². The van der Waals surface area contributed by atoms with Crippen LogP contribution >= 0.6 is 11.6 Å². The van der Waals surface area contributed by atoms with Crippen LogP contribution in [0.5, 0.6) is 0 Å². The number of carbonyl (C=O) groups is 1. The molecule has 2 aromatic carbocycles. The van der Waals surface area contributed by atoms with Gasteiger partial charge in [-0.2, -0.15) is 0 Å². The standard InChI is InChI=1S/C20H23ClFN3O/c1-15(20(26)23-14-16-5-2-3-8-19(16)22)24-9-11-25(12-10-24)18-7-4-6-17(21)13-18/h2-8,13,15H,9-12,14H2,1H3,(H,23,26). The summed E-state index contributed by atoms with van der Waals surface area (Å²) in [6, 6.07) is 14.1. The second kappa shape index (κ2) is 8.52. The molecule has 1 N–H and O–H groups in total. The summed E-state index contributed by atoms with van der Waals surface area (Å²) in [5.74, 6) is -0.375. The molecule has 26 heavy (non-hydrogen) atoms. The van der Waals surface area contributed by atoms with Crippen molar-refractivity contribution in [3.8, 4) is 0 Å². The van der Waals surface area contributed by atoms with E-state index in [1.54, 1.807) is 18.2 Å². The lowest BCUT2D eigenvalue weighted by Gasteiger charge is -2.38. The van der Waals surface area contributed by atoms with Crippen LogP contribution in [0.15, 0.2) is 48.5 Å². The molecule has 1 aliphatic rings. The minimum Gasteiger partial charge on any atom is -0.369 e. The van der Waals surface area contributed by atoms with Crippen LogP contribution in [-0.4, -0.2) is 43.0 Å². The highest BCUT2D eigenvalue weighted by Gasteiger charge is 2.25. The Balaban J connectivity index is 1.50. The lowest BCUT2D eigenvalue weighted by Crippen LogP contribution is -2.53. The molecule has 0 radical (unpaired) electrons. The fraction of sp³-hybridized carbons (Fsp3) is 0.350. The minimum atomic E-state index is -0.296. The molecule has 0 aliphatic carbocycles. The SMILES string of the molecule is CC(C(=O)NCc1ccccc1F)N1CCN(c2cccc(Cl)c2)CC1. The second-order valence-electron chi connectivity index (χ2n) is 6.49. The van der Waals surface area contributed by atoms with Crippen LogP contribution in [0.2, 0.25) is 5.02 Å². The van der Waals surface area contributed by atoms with Gasteiger partial charge >= 0.3 is 0 Å². The van der Waals surface area contributed by atoms with Gasteiger partial charge in [-0.1, -0.05) is 35.9 Å². The maximum atomic E-state index is 13.7. The Morgan fingerprint density at radius 1 is 1.15 bits per heavy atom. The van der Waals surface area contributed by atoms with Crippen molar-refractivity contribution in [1.29, 1.82) is 0 Å². The summed E-state index contributed by atoms with van der Waals surface area (Å²) in [6.45, 7) is 5.36. The number of anilines is 1. The monoisotopic (exact) mass is 375 g/mol. The van der Waals surface area contributed by atoms with Crippen molar-refractivity contribution in [2.24, 2.45) is 0 Å². The number of nitrogens with one attached hydrogen (secondary N) is 1. The molecule has 1 unspecified atom stereocenters. The van der Waals surface area contributed by atoms with Crippen LogP contribution in [0.1, 0.15) is 12.5 Å². The zero-order valence-electron chi connectivity index (χ0n) is 14.8. The van der Waals surface area contributed by atoms with Crippen molar-refractivity contribution in [3.63, 3.8) is 0 Å². The van der Waals surface area contributed by atoms with Gasteiger partial charge in [-0.25, -0.2) is 4.39 Å². The topological polar surface area (TPSA) is 35.6 Å². The first-order valence-electron chi connectivity index (χ1n) is 8.80. The summed E-state index contributed by atoms with van der Waals surface area (Å²) in [7, 11) is 0. The number of hydrogen-bond donors (Lipinski definition) is 1. The molecule has 0 saturated carbocycles. The van der Waals surface area contributed by atoms with E-state index in [1.165, 1.54) is 6.07 Å². The van der Waals surface area contributed by atoms with Gasteiger partial charge in [-0.15, -0.1) is 0 Å². The number of piperazine rings is 1. The molecule has 1 fully saturated rings. The quantitative estimate of drug-likeness (QED) is 0.870. The Morgan fingerprint density at radius 2 is 1.88 bits per heavy atom. The fourth-order valence-corrected chi connectivity index (χ4v) is 3.36. The molecular weight excluding hydrogens is 353 g/mol. The molecule has 2 aromatic rings. The summed E-state index contributed by atoms with van der Waals surface area (Å²) in [5, 5.41) is 3.56. The third kappa shape index (κ3) is 4.54. The third-order valence-electron chi connectivity index (χ3n) is 4.83. The van der Waals surface area contributed by atoms with Crippen molar-refractivity contribution in [2.45, 2.75) is 19.5 Å². The lowest BCUT2D eigenvalue weighted by molar-refractivity contribution is -0.126. The molecule has 3 rings (SSSR count). The molecule has 0 aromatic heterocycles. The lowest BCUT2D eigenvalue weighted by atomic mass is 10.1. The van der Waals surface area contributed by atoms with Gasteiger partial charge in [0.1, 0.15) is 5.82 Å². The first-order chi connectivity index (χ1) is 12.5. The largest absolute Gasteiger partial charge is 0.369 e. The first kappa shape index (κ1) is 18.7.